The lowest BCUT2D eigenvalue weighted by Crippen LogP contribution is -2.22. The summed E-state index contributed by atoms with van der Waals surface area (Å²) in [7, 11) is 0. The zero-order valence-corrected chi connectivity index (χ0v) is 13.9. The maximum atomic E-state index is 13.5. The molecule has 0 aliphatic heterocycles. The van der Waals surface area contributed by atoms with Crippen LogP contribution in [0.3, 0.4) is 0 Å². The van der Waals surface area contributed by atoms with Gasteiger partial charge in [-0.1, -0.05) is 0 Å². The number of fused-ring (bicyclic) bond motifs is 1. The van der Waals surface area contributed by atoms with Crippen molar-refractivity contribution in [1.29, 1.82) is 0 Å². The molecule has 0 atom stereocenters. The molecule has 1 aliphatic rings. The summed E-state index contributed by atoms with van der Waals surface area (Å²) in [5.74, 6) is -6.02. The molecule has 3 rings (SSSR count). The van der Waals surface area contributed by atoms with Crippen LogP contribution in [0.5, 0.6) is 0 Å². The third-order valence-corrected chi connectivity index (χ3v) is 5.01. The zero-order valence-electron chi connectivity index (χ0n) is 13.0. The number of nitrogens with one attached hydrogen (secondary N) is 1. The summed E-state index contributed by atoms with van der Waals surface area (Å²) in [5, 5.41) is 3.76. The summed E-state index contributed by atoms with van der Waals surface area (Å²) in [6, 6.07) is 1.58. The number of amides is 1. The van der Waals surface area contributed by atoms with E-state index in [2.05, 4.69) is 0 Å². The fourth-order valence-electron chi connectivity index (χ4n) is 2.68. The summed E-state index contributed by atoms with van der Waals surface area (Å²) in [6.07, 6.45) is 3.82. The summed E-state index contributed by atoms with van der Waals surface area (Å²) < 4.78 is 44.4. The molecule has 132 valence electrons. The number of hydrogen-bond donors (Lipinski definition) is 1. The molecule has 25 heavy (non-hydrogen) atoms. The maximum absolute atomic E-state index is 13.5. The minimum Gasteiger partial charge on any atom is -0.452 e. The molecule has 0 bridgehead atoms. The predicted octanol–water partition coefficient (Wildman–Crippen LogP) is 3.84. The number of hydrogen-bond acceptors (Lipinski definition) is 4. The van der Waals surface area contributed by atoms with Crippen LogP contribution in [0.1, 0.15) is 33.6 Å². The standard InChI is InChI=1S/C17H14F3NO3S/c18-11-5-6-12(16(20)15(11)19)21-14(22)7-24-17(23)10-8-25-13-4-2-1-3-9(10)13/h5-6,8H,1-4,7H2,(H,21,22). The van der Waals surface area contributed by atoms with Gasteiger partial charge in [0.1, 0.15) is 0 Å². The van der Waals surface area contributed by atoms with Gasteiger partial charge in [-0.15, -0.1) is 11.3 Å². The van der Waals surface area contributed by atoms with E-state index in [1.54, 1.807) is 5.38 Å². The summed E-state index contributed by atoms with van der Waals surface area (Å²) in [5.41, 5.74) is 0.896. The van der Waals surface area contributed by atoms with E-state index in [0.717, 1.165) is 42.2 Å². The first kappa shape index (κ1) is 17.5. The van der Waals surface area contributed by atoms with Gasteiger partial charge in [-0.25, -0.2) is 18.0 Å². The first-order chi connectivity index (χ1) is 12.0. The lowest BCUT2D eigenvalue weighted by Gasteiger charge is -2.12. The Bertz CT molecular complexity index is 835. The van der Waals surface area contributed by atoms with Crippen LogP contribution in [-0.4, -0.2) is 18.5 Å². The maximum Gasteiger partial charge on any atom is 0.339 e. The van der Waals surface area contributed by atoms with Crippen molar-refractivity contribution in [1.82, 2.24) is 0 Å². The molecule has 0 unspecified atom stereocenters. The Morgan fingerprint density at radius 3 is 2.68 bits per heavy atom. The average molecular weight is 369 g/mol. The van der Waals surface area contributed by atoms with Gasteiger partial charge in [-0.3, -0.25) is 4.79 Å². The van der Waals surface area contributed by atoms with Gasteiger partial charge in [0, 0.05) is 10.3 Å². The third-order valence-electron chi connectivity index (χ3n) is 3.92. The summed E-state index contributed by atoms with van der Waals surface area (Å²) >= 11 is 1.49. The van der Waals surface area contributed by atoms with E-state index in [4.69, 9.17) is 4.74 Å². The second-order valence-corrected chi connectivity index (χ2v) is 6.57. The van der Waals surface area contributed by atoms with Crippen molar-refractivity contribution in [2.75, 3.05) is 11.9 Å². The molecule has 8 heteroatoms. The van der Waals surface area contributed by atoms with Crippen LogP contribution in [0.4, 0.5) is 18.9 Å². The van der Waals surface area contributed by atoms with Crippen molar-refractivity contribution >= 4 is 28.9 Å². The Hall–Kier alpha value is -2.35. The molecule has 0 saturated heterocycles. The minimum absolute atomic E-state index is 0.450. The first-order valence-electron chi connectivity index (χ1n) is 7.67. The van der Waals surface area contributed by atoms with Crippen molar-refractivity contribution in [3.63, 3.8) is 0 Å². The van der Waals surface area contributed by atoms with E-state index in [1.807, 2.05) is 5.32 Å². The topological polar surface area (TPSA) is 55.4 Å². The number of rotatable bonds is 4. The van der Waals surface area contributed by atoms with Crippen LogP contribution in [0, 0.1) is 17.5 Å². The Morgan fingerprint density at radius 2 is 1.88 bits per heavy atom. The molecule has 1 heterocycles. The van der Waals surface area contributed by atoms with Crippen LogP contribution >= 0.6 is 11.3 Å². The van der Waals surface area contributed by atoms with E-state index in [0.29, 0.717) is 11.6 Å². The van der Waals surface area contributed by atoms with Gasteiger partial charge in [0.2, 0.25) is 0 Å². The Balaban J connectivity index is 1.60. The smallest absolute Gasteiger partial charge is 0.339 e. The quantitative estimate of drug-likeness (QED) is 0.658. The number of halogens is 3. The second-order valence-electron chi connectivity index (χ2n) is 5.61. The normalized spacial score (nSPS) is 13.2. The largest absolute Gasteiger partial charge is 0.452 e. The van der Waals surface area contributed by atoms with Crippen LogP contribution in [0.25, 0.3) is 0 Å². The summed E-state index contributed by atoms with van der Waals surface area (Å²) in [4.78, 5) is 25.0. The third kappa shape index (κ3) is 3.68. The number of carbonyl (C=O) groups is 2. The second kappa shape index (κ2) is 7.26. The monoisotopic (exact) mass is 369 g/mol. The van der Waals surface area contributed by atoms with Crippen LogP contribution in [-0.2, 0) is 22.4 Å². The Kier molecular flexibility index (Phi) is 5.08. The van der Waals surface area contributed by atoms with Gasteiger partial charge in [0.15, 0.2) is 24.1 Å². The lowest BCUT2D eigenvalue weighted by atomic mass is 9.96. The van der Waals surface area contributed by atoms with Crippen molar-refractivity contribution in [3.05, 3.63) is 51.0 Å². The molecule has 1 aromatic carbocycles. The van der Waals surface area contributed by atoms with E-state index in [9.17, 15) is 22.8 Å². The molecular weight excluding hydrogens is 355 g/mol. The molecule has 1 N–H and O–H groups in total. The van der Waals surface area contributed by atoms with Gasteiger partial charge < -0.3 is 10.1 Å². The zero-order chi connectivity index (χ0) is 18.0. The van der Waals surface area contributed by atoms with Gasteiger partial charge in [0.05, 0.1) is 11.3 Å². The molecule has 0 spiro atoms. The molecule has 0 radical (unpaired) electrons. The van der Waals surface area contributed by atoms with E-state index >= 15 is 0 Å². The highest BCUT2D eigenvalue weighted by Gasteiger charge is 2.22. The lowest BCUT2D eigenvalue weighted by molar-refractivity contribution is -0.119. The fourth-order valence-corrected chi connectivity index (χ4v) is 3.80. The number of esters is 1. The number of ether oxygens (including phenoxy) is 1. The number of benzene rings is 1. The van der Waals surface area contributed by atoms with E-state index in [1.165, 1.54) is 11.3 Å². The molecule has 1 aromatic heterocycles. The molecule has 1 aliphatic carbocycles. The number of carbonyl (C=O) groups excluding carboxylic acids is 2. The minimum atomic E-state index is -1.68. The van der Waals surface area contributed by atoms with Gasteiger partial charge in [0.25, 0.3) is 5.91 Å². The number of aryl methyl sites for hydroxylation is 1. The SMILES string of the molecule is O=C(COC(=O)c1csc2c1CCCC2)Nc1ccc(F)c(F)c1F. The first-order valence-corrected chi connectivity index (χ1v) is 8.55. The molecule has 1 amide bonds. The summed E-state index contributed by atoms with van der Waals surface area (Å²) in [6.45, 7) is -0.651. The van der Waals surface area contributed by atoms with Crippen molar-refractivity contribution in [2.45, 2.75) is 25.7 Å². The predicted molar refractivity (Wildman–Crippen MR) is 86.2 cm³/mol. The van der Waals surface area contributed by atoms with E-state index < -0.39 is 41.6 Å². The van der Waals surface area contributed by atoms with Crippen molar-refractivity contribution in [2.24, 2.45) is 0 Å². The molecule has 2 aromatic rings. The van der Waals surface area contributed by atoms with E-state index in [-0.39, 0.29) is 0 Å². The van der Waals surface area contributed by atoms with Crippen molar-refractivity contribution in [3.8, 4) is 0 Å². The molecule has 0 saturated carbocycles. The highest BCUT2D eigenvalue weighted by Crippen LogP contribution is 2.30. The fraction of sp³-hybridized carbons (Fsp3) is 0.294. The van der Waals surface area contributed by atoms with Crippen molar-refractivity contribution < 1.29 is 27.5 Å². The molecule has 0 fully saturated rings. The molecule has 4 nitrogen and oxygen atoms in total. The van der Waals surface area contributed by atoms with Crippen LogP contribution < -0.4 is 5.32 Å². The Morgan fingerprint density at radius 1 is 1.12 bits per heavy atom. The highest BCUT2D eigenvalue weighted by molar-refractivity contribution is 7.10. The van der Waals surface area contributed by atoms with Gasteiger partial charge in [-0.05, 0) is 43.4 Å². The van der Waals surface area contributed by atoms with Gasteiger partial charge >= 0.3 is 5.97 Å². The molecular formula is C17H14F3NO3S. The van der Waals surface area contributed by atoms with Gasteiger partial charge in [-0.2, -0.15) is 0 Å². The average Bonchev–Trinajstić information content (AvgIpc) is 3.04. The van der Waals surface area contributed by atoms with Crippen LogP contribution in [0.15, 0.2) is 17.5 Å². The number of thiophene rings is 1. The highest BCUT2D eigenvalue weighted by atomic mass is 32.1. The Labute approximate surface area is 145 Å². The van der Waals surface area contributed by atoms with Crippen LogP contribution in [0.2, 0.25) is 0 Å². The number of anilines is 1.